The van der Waals surface area contributed by atoms with Crippen molar-refractivity contribution in [3.8, 4) is 11.4 Å². The Bertz CT molecular complexity index is 922. The molecule has 128 valence electrons. The van der Waals surface area contributed by atoms with Gasteiger partial charge in [0.1, 0.15) is 12.4 Å². The molecule has 0 aliphatic carbocycles. The minimum absolute atomic E-state index is 0.0510. The molecule has 2 aromatic heterocycles. The van der Waals surface area contributed by atoms with Crippen molar-refractivity contribution in [2.24, 2.45) is 0 Å². The van der Waals surface area contributed by atoms with Crippen LogP contribution in [0.15, 0.2) is 54.5 Å². The number of halogens is 1. The lowest BCUT2D eigenvalue weighted by Gasteiger charge is -2.08. The first-order valence-corrected chi connectivity index (χ1v) is 8.55. The number of hydrogen-bond acceptors (Lipinski definition) is 6. The average Bonchev–Trinajstić information content (AvgIpc) is 3.21. The predicted octanol–water partition coefficient (Wildman–Crippen LogP) is 3.64. The van der Waals surface area contributed by atoms with Crippen molar-refractivity contribution < 1.29 is 4.92 Å². The molecule has 0 amide bonds. The van der Waals surface area contributed by atoms with Crippen LogP contribution in [0.4, 0.5) is 5.69 Å². The van der Waals surface area contributed by atoms with Gasteiger partial charge in [0.2, 0.25) is 0 Å². The molecular weight excluding hydrogens is 364 g/mol. The normalized spacial score (nSPS) is 10.8. The molecule has 10 heteroatoms. The standard InChI is InChI=1S/C15H13ClN6O2S/c1-2-7-21-14(12-5-3-4-6-13(12)16)18-19-15(21)25-10-20-9-11(8-17-20)22(23)24/h2-6,8-9H,1,7,10H2. The van der Waals surface area contributed by atoms with E-state index in [0.29, 0.717) is 28.4 Å². The highest BCUT2D eigenvalue weighted by molar-refractivity contribution is 7.98. The zero-order valence-corrected chi connectivity index (χ0v) is 14.5. The van der Waals surface area contributed by atoms with E-state index in [1.807, 2.05) is 22.8 Å². The van der Waals surface area contributed by atoms with Crippen LogP contribution in [0.3, 0.4) is 0 Å². The van der Waals surface area contributed by atoms with Gasteiger partial charge in [0.05, 0.1) is 15.8 Å². The van der Waals surface area contributed by atoms with Crippen LogP contribution in [-0.4, -0.2) is 29.5 Å². The van der Waals surface area contributed by atoms with Gasteiger partial charge >= 0.3 is 5.69 Å². The van der Waals surface area contributed by atoms with E-state index < -0.39 is 4.92 Å². The zero-order chi connectivity index (χ0) is 17.8. The molecule has 0 fully saturated rings. The highest BCUT2D eigenvalue weighted by atomic mass is 35.5. The van der Waals surface area contributed by atoms with E-state index >= 15 is 0 Å². The monoisotopic (exact) mass is 376 g/mol. The Hall–Kier alpha value is -2.65. The summed E-state index contributed by atoms with van der Waals surface area (Å²) in [4.78, 5) is 10.2. The number of hydrogen-bond donors (Lipinski definition) is 0. The number of nitrogens with zero attached hydrogens (tertiary/aromatic N) is 6. The molecule has 0 saturated carbocycles. The lowest BCUT2D eigenvalue weighted by molar-refractivity contribution is -0.385. The van der Waals surface area contributed by atoms with Gasteiger partial charge in [0.25, 0.3) is 0 Å². The molecule has 0 spiro atoms. The third kappa shape index (κ3) is 3.72. The van der Waals surface area contributed by atoms with Gasteiger partial charge in [-0.15, -0.1) is 16.8 Å². The van der Waals surface area contributed by atoms with Crippen LogP contribution in [0.2, 0.25) is 5.02 Å². The van der Waals surface area contributed by atoms with E-state index in [1.54, 1.807) is 12.1 Å². The number of aromatic nitrogens is 5. The lowest BCUT2D eigenvalue weighted by Crippen LogP contribution is -2.02. The lowest BCUT2D eigenvalue weighted by atomic mass is 10.2. The van der Waals surface area contributed by atoms with Crippen molar-refractivity contribution in [3.63, 3.8) is 0 Å². The minimum Gasteiger partial charge on any atom is -0.298 e. The second kappa shape index (κ2) is 7.49. The number of benzene rings is 1. The van der Waals surface area contributed by atoms with E-state index in [1.165, 1.54) is 28.8 Å². The summed E-state index contributed by atoms with van der Waals surface area (Å²) in [6.45, 7) is 4.27. The van der Waals surface area contributed by atoms with E-state index in [0.717, 1.165) is 5.56 Å². The van der Waals surface area contributed by atoms with Gasteiger partial charge in [-0.3, -0.25) is 19.4 Å². The molecular formula is C15H13ClN6O2S. The van der Waals surface area contributed by atoms with Crippen molar-refractivity contribution in [1.82, 2.24) is 24.5 Å². The summed E-state index contributed by atoms with van der Waals surface area (Å²) in [5, 5.41) is 24.3. The highest BCUT2D eigenvalue weighted by Gasteiger charge is 2.16. The second-order valence-electron chi connectivity index (χ2n) is 4.95. The van der Waals surface area contributed by atoms with Gasteiger partial charge < -0.3 is 0 Å². The van der Waals surface area contributed by atoms with Gasteiger partial charge in [-0.05, 0) is 12.1 Å². The quantitative estimate of drug-likeness (QED) is 0.270. The third-order valence-corrected chi connectivity index (χ3v) is 4.58. The summed E-state index contributed by atoms with van der Waals surface area (Å²) in [5.41, 5.74) is 0.727. The first kappa shape index (κ1) is 17.2. The van der Waals surface area contributed by atoms with E-state index in [9.17, 15) is 10.1 Å². The van der Waals surface area contributed by atoms with Crippen LogP contribution < -0.4 is 0 Å². The molecule has 0 aliphatic rings. The Balaban J connectivity index is 1.85. The molecule has 0 aliphatic heterocycles. The van der Waals surface area contributed by atoms with E-state index in [-0.39, 0.29) is 5.69 Å². The molecule has 1 aromatic carbocycles. The van der Waals surface area contributed by atoms with E-state index in [2.05, 4.69) is 21.9 Å². The van der Waals surface area contributed by atoms with Gasteiger partial charge in [0, 0.05) is 12.1 Å². The summed E-state index contributed by atoms with van der Waals surface area (Å²) in [6, 6.07) is 7.39. The van der Waals surface area contributed by atoms with Crippen LogP contribution in [0.1, 0.15) is 0 Å². The Morgan fingerprint density at radius 2 is 2.16 bits per heavy atom. The van der Waals surface area contributed by atoms with E-state index in [4.69, 9.17) is 11.6 Å². The molecule has 25 heavy (non-hydrogen) atoms. The van der Waals surface area contributed by atoms with Crippen molar-refractivity contribution in [3.05, 3.63) is 64.5 Å². The largest absolute Gasteiger partial charge is 0.307 e. The zero-order valence-electron chi connectivity index (χ0n) is 12.9. The molecule has 3 aromatic rings. The summed E-state index contributed by atoms with van der Waals surface area (Å²) in [5.74, 6) is 1.01. The van der Waals surface area contributed by atoms with Crippen molar-refractivity contribution in [2.75, 3.05) is 0 Å². The second-order valence-corrected chi connectivity index (χ2v) is 6.27. The molecule has 2 heterocycles. The fourth-order valence-corrected chi connectivity index (χ4v) is 3.20. The van der Waals surface area contributed by atoms with Gasteiger partial charge in [0.15, 0.2) is 11.0 Å². The van der Waals surface area contributed by atoms with Crippen molar-refractivity contribution >= 4 is 29.1 Å². The van der Waals surface area contributed by atoms with Crippen molar-refractivity contribution in [2.45, 2.75) is 17.6 Å². The molecule has 3 rings (SSSR count). The molecule has 0 saturated heterocycles. The summed E-state index contributed by atoms with van der Waals surface area (Å²) in [7, 11) is 0. The van der Waals surface area contributed by atoms with Gasteiger partial charge in [-0.25, -0.2) is 0 Å². The van der Waals surface area contributed by atoms with Gasteiger partial charge in [-0.1, -0.05) is 41.6 Å². The van der Waals surface area contributed by atoms with Crippen LogP contribution in [0.5, 0.6) is 0 Å². The highest BCUT2D eigenvalue weighted by Crippen LogP contribution is 2.29. The minimum atomic E-state index is -0.482. The smallest absolute Gasteiger partial charge is 0.298 e. The summed E-state index contributed by atoms with van der Waals surface area (Å²) in [6.07, 6.45) is 4.33. The number of thioether (sulfide) groups is 1. The topological polar surface area (TPSA) is 91.7 Å². The Morgan fingerprint density at radius 3 is 2.84 bits per heavy atom. The maximum atomic E-state index is 10.7. The van der Waals surface area contributed by atoms with Crippen molar-refractivity contribution in [1.29, 1.82) is 0 Å². The first-order valence-electron chi connectivity index (χ1n) is 7.19. The molecule has 0 atom stereocenters. The maximum absolute atomic E-state index is 10.7. The molecule has 0 N–H and O–H groups in total. The third-order valence-electron chi connectivity index (χ3n) is 3.30. The SMILES string of the molecule is C=CCn1c(SCn2cc([N+](=O)[O-])cn2)nnc1-c1ccccc1Cl. The Kier molecular flexibility index (Phi) is 5.15. The van der Waals surface area contributed by atoms with Gasteiger partial charge in [-0.2, -0.15) is 5.10 Å². The number of rotatable bonds is 7. The van der Waals surface area contributed by atoms with Crippen LogP contribution in [0.25, 0.3) is 11.4 Å². The Labute approximate surface area is 152 Å². The van der Waals surface area contributed by atoms with Crippen LogP contribution in [0, 0.1) is 10.1 Å². The number of allylic oxidation sites excluding steroid dienone is 1. The van der Waals surface area contributed by atoms with Crippen LogP contribution >= 0.6 is 23.4 Å². The molecule has 0 radical (unpaired) electrons. The Morgan fingerprint density at radius 1 is 1.36 bits per heavy atom. The van der Waals surface area contributed by atoms with Crippen LogP contribution in [-0.2, 0) is 12.4 Å². The predicted molar refractivity (Wildman–Crippen MR) is 95.4 cm³/mol. The number of nitro groups is 1. The first-order chi connectivity index (χ1) is 12.1. The molecule has 8 nitrogen and oxygen atoms in total. The average molecular weight is 377 g/mol. The summed E-state index contributed by atoms with van der Waals surface area (Å²) < 4.78 is 3.36. The maximum Gasteiger partial charge on any atom is 0.307 e. The molecule has 0 unspecified atom stereocenters. The fraction of sp³-hybridized carbons (Fsp3) is 0.133. The summed E-state index contributed by atoms with van der Waals surface area (Å²) >= 11 is 7.62. The fourth-order valence-electron chi connectivity index (χ4n) is 2.17. The molecule has 0 bridgehead atoms.